The summed E-state index contributed by atoms with van der Waals surface area (Å²) >= 11 is 0. The van der Waals surface area contributed by atoms with Crippen LogP contribution in [-0.2, 0) is 9.53 Å². The number of methoxy groups -OCH3 is 2. The van der Waals surface area contributed by atoms with Gasteiger partial charge in [0.05, 0.1) is 44.2 Å². The second kappa shape index (κ2) is 10.2. The number of carbonyl (C=O) groups excluding carboxylic acids is 3. The van der Waals surface area contributed by atoms with Gasteiger partial charge in [0.2, 0.25) is 5.91 Å². The lowest BCUT2D eigenvalue weighted by molar-refractivity contribution is -0.135. The topological polar surface area (TPSA) is 88.6 Å². The first-order valence-corrected chi connectivity index (χ1v) is 12.4. The summed E-state index contributed by atoms with van der Waals surface area (Å²) in [6.07, 6.45) is 2.23. The molecule has 1 unspecified atom stereocenters. The van der Waals surface area contributed by atoms with Gasteiger partial charge >= 0.3 is 0 Å². The zero-order chi connectivity index (χ0) is 25.2. The number of unbranched alkanes of at least 4 members (excludes halogenated alkanes) is 2. The van der Waals surface area contributed by atoms with Crippen LogP contribution in [0.5, 0.6) is 11.5 Å². The SMILES string of the molecule is COc1ccc2c(c1OC)C(=O)N1c3ccccc3C(=O)N(CCCCCC(=O)N3CCOCC3)C21. The summed E-state index contributed by atoms with van der Waals surface area (Å²) < 4.78 is 16.3. The zero-order valence-corrected chi connectivity index (χ0v) is 20.7. The fourth-order valence-corrected chi connectivity index (χ4v) is 5.36. The lowest BCUT2D eigenvalue weighted by Crippen LogP contribution is -2.48. The summed E-state index contributed by atoms with van der Waals surface area (Å²) in [7, 11) is 3.05. The zero-order valence-electron chi connectivity index (χ0n) is 20.7. The van der Waals surface area contributed by atoms with Crippen LogP contribution in [0.25, 0.3) is 0 Å². The maximum Gasteiger partial charge on any atom is 0.264 e. The van der Waals surface area contributed by atoms with E-state index in [0.717, 1.165) is 24.8 Å². The minimum atomic E-state index is -0.551. The van der Waals surface area contributed by atoms with Gasteiger partial charge in [0.1, 0.15) is 6.17 Å². The molecule has 190 valence electrons. The molecule has 3 aliphatic rings. The maximum atomic E-state index is 13.7. The fourth-order valence-electron chi connectivity index (χ4n) is 5.36. The van der Waals surface area contributed by atoms with E-state index in [-0.39, 0.29) is 17.7 Å². The van der Waals surface area contributed by atoms with Crippen molar-refractivity contribution in [2.45, 2.75) is 31.8 Å². The molecule has 0 bridgehead atoms. The number of hydrogen-bond donors (Lipinski definition) is 0. The van der Waals surface area contributed by atoms with Crippen molar-refractivity contribution in [2.24, 2.45) is 0 Å². The molecule has 1 atom stereocenters. The monoisotopic (exact) mass is 493 g/mol. The van der Waals surface area contributed by atoms with Crippen LogP contribution in [0.2, 0.25) is 0 Å². The number of ether oxygens (including phenoxy) is 3. The summed E-state index contributed by atoms with van der Waals surface area (Å²) in [6.45, 7) is 2.97. The number of hydrogen-bond acceptors (Lipinski definition) is 6. The van der Waals surface area contributed by atoms with E-state index >= 15 is 0 Å². The van der Waals surface area contributed by atoms with Gasteiger partial charge in [0.25, 0.3) is 11.8 Å². The van der Waals surface area contributed by atoms with E-state index < -0.39 is 6.17 Å². The van der Waals surface area contributed by atoms with Crippen LogP contribution in [0.4, 0.5) is 5.69 Å². The molecule has 3 heterocycles. The molecule has 0 aromatic heterocycles. The first-order valence-electron chi connectivity index (χ1n) is 12.4. The van der Waals surface area contributed by atoms with Crippen molar-refractivity contribution >= 4 is 23.4 Å². The third-order valence-electron chi connectivity index (χ3n) is 7.14. The Balaban J connectivity index is 1.35. The van der Waals surface area contributed by atoms with Gasteiger partial charge in [-0.05, 0) is 31.0 Å². The first-order chi connectivity index (χ1) is 17.6. The summed E-state index contributed by atoms with van der Waals surface area (Å²) in [5.74, 6) is 0.684. The second-order valence-electron chi connectivity index (χ2n) is 9.13. The lowest BCUT2D eigenvalue weighted by atomic mass is 10.0. The molecule has 2 aromatic rings. The van der Waals surface area contributed by atoms with E-state index in [4.69, 9.17) is 14.2 Å². The summed E-state index contributed by atoms with van der Waals surface area (Å²) in [5, 5.41) is 0. The van der Waals surface area contributed by atoms with Gasteiger partial charge < -0.3 is 24.0 Å². The quantitative estimate of drug-likeness (QED) is 0.525. The Kier molecular flexibility index (Phi) is 6.82. The van der Waals surface area contributed by atoms with Crippen molar-refractivity contribution in [3.05, 3.63) is 53.1 Å². The molecule has 9 heteroatoms. The van der Waals surface area contributed by atoms with Gasteiger partial charge in [-0.25, -0.2) is 0 Å². The summed E-state index contributed by atoms with van der Waals surface area (Å²) in [4.78, 5) is 45.0. The Bertz CT molecular complexity index is 1180. The Morgan fingerprint density at radius 2 is 1.75 bits per heavy atom. The van der Waals surface area contributed by atoms with E-state index in [9.17, 15) is 14.4 Å². The second-order valence-corrected chi connectivity index (χ2v) is 9.13. The molecule has 1 fully saturated rings. The van der Waals surface area contributed by atoms with Gasteiger partial charge in [0.15, 0.2) is 11.5 Å². The number of nitrogens with zero attached hydrogens (tertiary/aromatic N) is 3. The van der Waals surface area contributed by atoms with Gasteiger partial charge in [-0.2, -0.15) is 0 Å². The standard InChI is InChI=1S/C27H31N3O6/c1-34-21-12-11-19-23(24(21)35-2)27(33)30-20-9-6-5-8-18(20)26(32)29(25(19)30)13-7-3-4-10-22(31)28-14-16-36-17-15-28/h5-6,8-9,11-12,25H,3-4,7,10,13-17H2,1-2H3. The number of fused-ring (bicyclic) bond motifs is 5. The van der Waals surface area contributed by atoms with Gasteiger partial charge in [-0.15, -0.1) is 0 Å². The third-order valence-corrected chi connectivity index (χ3v) is 7.14. The Hall–Kier alpha value is -3.59. The van der Waals surface area contributed by atoms with Crippen molar-refractivity contribution < 1.29 is 28.6 Å². The van der Waals surface area contributed by atoms with E-state index in [1.54, 1.807) is 21.9 Å². The van der Waals surface area contributed by atoms with Crippen molar-refractivity contribution in [3.63, 3.8) is 0 Å². The van der Waals surface area contributed by atoms with Crippen LogP contribution in [0, 0.1) is 0 Å². The van der Waals surface area contributed by atoms with Gasteiger partial charge in [-0.3, -0.25) is 19.3 Å². The van der Waals surface area contributed by atoms with Crippen molar-refractivity contribution in [1.82, 2.24) is 9.80 Å². The molecule has 0 spiro atoms. The van der Waals surface area contributed by atoms with Gasteiger partial charge in [-0.1, -0.05) is 24.6 Å². The average molecular weight is 494 g/mol. The molecular formula is C27H31N3O6. The highest BCUT2D eigenvalue weighted by Crippen LogP contribution is 2.49. The molecule has 0 saturated carbocycles. The molecule has 3 aliphatic heterocycles. The highest BCUT2D eigenvalue weighted by Gasteiger charge is 2.49. The molecule has 0 aliphatic carbocycles. The van der Waals surface area contributed by atoms with Crippen LogP contribution in [0.15, 0.2) is 36.4 Å². The fraction of sp³-hybridized carbons (Fsp3) is 0.444. The maximum absolute atomic E-state index is 13.7. The van der Waals surface area contributed by atoms with Crippen molar-refractivity contribution in [1.29, 1.82) is 0 Å². The van der Waals surface area contributed by atoms with Crippen LogP contribution >= 0.6 is 0 Å². The molecule has 36 heavy (non-hydrogen) atoms. The van der Waals surface area contributed by atoms with Crippen LogP contribution in [0.1, 0.15) is 58.1 Å². The Morgan fingerprint density at radius 3 is 2.50 bits per heavy atom. The van der Waals surface area contributed by atoms with E-state index in [1.165, 1.54) is 14.2 Å². The predicted octanol–water partition coefficient (Wildman–Crippen LogP) is 3.24. The number of rotatable bonds is 8. The number of morpholine rings is 1. The average Bonchev–Trinajstić information content (AvgIpc) is 3.22. The molecule has 9 nitrogen and oxygen atoms in total. The Labute approximate surface area is 210 Å². The normalized spacial score (nSPS) is 18.6. The highest BCUT2D eigenvalue weighted by atomic mass is 16.5. The van der Waals surface area contributed by atoms with Crippen LogP contribution in [-0.4, -0.2) is 74.6 Å². The third kappa shape index (κ3) is 4.07. The van der Waals surface area contributed by atoms with E-state index in [2.05, 4.69) is 0 Å². The summed E-state index contributed by atoms with van der Waals surface area (Å²) in [5.41, 5.74) is 2.25. The van der Waals surface area contributed by atoms with E-state index in [0.29, 0.717) is 67.6 Å². The number of carbonyl (C=O) groups is 3. The van der Waals surface area contributed by atoms with Crippen molar-refractivity contribution in [3.8, 4) is 11.5 Å². The van der Waals surface area contributed by atoms with Crippen LogP contribution in [0.3, 0.4) is 0 Å². The van der Waals surface area contributed by atoms with Gasteiger partial charge in [0, 0.05) is 31.6 Å². The molecule has 5 rings (SSSR count). The highest BCUT2D eigenvalue weighted by molar-refractivity contribution is 6.18. The predicted molar refractivity (Wildman–Crippen MR) is 132 cm³/mol. The van der Waals surface area contributed by atoms with Crippen LogP contribution < -0.4 is 14.4 Å². The first kappa shape index (κ1) is 24.1. The van der Waals surface area contributed by atoms with E-state index in [1.807, 2.05) is 29.2 Å². The number of anilines is 1. The smallest absolute Gasteiger partial charge is 0.264 e. The molecule has 0 radical (unpaired) electrons. The summed E-state index contributed by atoms with van der Waals surface area (Å²) in [6, 6.07) is 10.8. The Morgan fingerprint density at radius 1 is 0.972 bits per heavy atom. The molecule has 1 saturated heterocycles. The molecule has 0 N–H and O–H groups in total. The lowest BCUT2D eigenvalue weighted by Gasteiger charge is -2.41. The molecule has 3 amide bonds. The molecule has 2 aromatic carbocycles. The van der Waals surface area contributed by atoms with Crippen molar-refractivity contribution in [2.75, 3.05) is 52.0 Å². The minimum Gasteiger partial charge on any atom is -0.493 e. The minimum absolute atomic E-state index is 0.105. The number of benzene rings is 2. The largest absolute Gasteiger partial charge is 0.493 e. The number of amides is 3. The number of para-hydroxylation sites is 1. The molecular weight excluding hydrogens is 462 g/mol.